The summed E-state index contributed by atoms with van der Waals surface area (Å²) >= 11 is 0. The molecule has 1 aliphatic rings. The van der Waals surface area contributed by atoms with Crippen molar-refractivity contribution in [3.05, 3.63) is 65.7 Å². The fourth-order valence-electron chi connectivity index (χ4n) is 3.33. The van der Waals surface area contributed by atoms with Crippen LogP contribution in [0.2, 0.25) is 0 Å². The van der Waals surface area contributed by atoms with Crippen molar-refractivity contribution >= 4 is 47.4 Å². The highest BCUT2D eigenvalue weighted by molar-refractivity contribution is 14.0. The molecule has 0 spiro atoms. The van der Waals surface area contributed by atoms with Crippen LogP contribution in [0.4, 0.5) is 5.69 Å². The third kappa shape index (κ3) is 7.81. The molecule has 1 aliphatic heterocycles. The number of anilines is 1. The molecule has 0 unspecified atom stereocenters. The molecule has 7 nitrogen and oxygen atoms in total. The van der Waals surface area contributed by atoms with Crippen LogP contribution in [0.1, 0.15) is 24.0 Å². The third-order valence-corrected chi connectivity index (χ3v) is 5.20. The van der Waals surface area contributed by atoms with Crippen LogP contribution in [-0.4, -0.2) is 56.4 Å². The molecule has 1 saturated heterocycles. The topological polar surface area (TPSA) is 77.0 Å². The number of likely N-dealkylation sites (N-methyl/N-ethyl adjacent to an activating group) is 1. The zero-order valence-electron chi connectivity index (χ0n) is 18.7. The van der Waals surface area contributed by atoms with Crippen molar-refractivity contribution in [3.8, 4) is 0 Å². The lowest BCUT2D eigenvalue weighted by Crippen LogP contribution is -2.43. The average Bonchev–Trinajstić information content (AvgIpc) is 3.21. The Morgan fingerprint density at radius 3 is 2.38 bits per heavy atom. The van der Waals surface area contributed by atoms with Gasteiger partial charge in [-0.2, -0.15) is 0 Å². The monoisotopic (exact) mass is 549 g/mol. The summed E-state index contributed by atoms with van der Waals surface area (Å²) in [7, 11) is 3.46. The number of carbonyl (C=O) groups is 2. The molecule has 0 aromatic heterocycles. The number of aliphatic imine (C=N–C) groups is 1. The molecule has 0 radical (unpaired) electrons. The van der Waals surface area contributed by atoms with Crippen molar-refractivity contribution in [3.63, 3.8) is 0 Å². The molecule has 1 fully saturated rings. The molecule has 8 heteroatoms. The van der Waals surface area contributed by atoms with Crippen molar-refractivity contribution < 1.29 is 9.59 Å². The van der Waals surface area contributed by atoms with Crippen molar-refractivity contribution in [1.82, 2.24) is 15.5 Å². The molecule has 2 aromatic rings. The van der Waals surface area contributed by atoms with E-state index in [1.165, 1.54) is 5.56 Å². The summed E-state index contributed by atoms with van der Waals surface area (Å²) in [5.74, 6) is 0.771. The summed E-state index contributed by atoms with van der Waals surface area (Å²) in [4.78, 5) is 31.9. The Labute approximate surface area is 207 Å². The summed E-state index contributed by atoms with van der Waals surface area (Å²) in [5, 5.41) is 6.42. The zero-order chi connectivity index (χ0) is 22.1. The minimum Gasteiger partial charge on any atom is -0.356 e. The summed E-state index contributed by atoms with van der Waals surface area (Å²) in [6.45, 7) is 2.16. The number of nitrogens with zero attached hydrogens (tertiary/aromatic N) is 3. The first-order valence-corrected chi connectivity index (χ1v) is 10.7. The van der Waals surface area contributed by atoms with E-state index >= 15 is 0 Å². The standard InChI is InChI=1S/C24H31N5O2.HI/c1-28(2)23(31)18-27-24(25-15-14-19-7-4-3-5-8-19)26-17-20-10-12-21(13-11-20)29-16-6-9-22(29)30;/h3-5,7-8,10-13H,6,9,14-18H2,1-2H3,(H2,25,26,27);1H. The molecule has 0 aliphatic carbocycles. The maximum Gasteiger partial charge on any atom is 0.241 e. The molecular formula is C24H32IN5O2. The van der Waals surface area contributed by atoms with E-state index in [0.717, 1.165) is 30.6 Å². The molecule has 0 saturated carbocycles. The van der Waals surface area contributed by atoms with Gasteiger partial charge < -0.3 is 20.4 Å². The number of nitrogens with one attached hydrogen (secondary N) is 2. The van der Waals surface area contributed by atoms with Crippen LogP contribution >= 0.6 is 24.0 Å². The minimum atomic E-state index is -0.0165. The summed E-state index contributed by atoms with van der Waals surface area (Å²) in [5.41, 5.74) is 3.22. The smallest absolute Gasteiger partial charge is 0.241 e. The van der Waals surface area contributed by atoms with Gasteiger partial charge in [0.25, 0.3) is 0 Å². The van der Waals surface area contributed by atoms with E-state index < -0.39 is 0 Å². The van der Waals surface area contributed by atoms with Gasteiger partial charge in [-0.1, -0.05) is 42.5 Å². The van der Waals surface area contributed by atoms with Gasteiger partial charge in [-0.3, -0.25) is 9.59 Å². The third-order valence-electron chi connectivity index (χ3n) is 5.20. The van der Waals surface area contributed by atoms with E-state index in [0.29, 0.717) is 25.5 Å². The first-order valence-electron chi connectivity index (χ1n) is 10.7. The van der Waals surface area contributed by atoms with Gasteiger partial charge in [-0.15, -0.1) is 24.0 Å². The number of halogens is 1. The van der Waals surface area contributed by atoms with E-state index in [9.17, 15) is 9.59 Å². The Morgan fingerprint density at radius 2 is 1.75 bits per heavy atom. The van der Waals surface area contributed by atoms with Gasteiger partial charge in [0, 0.05) is 39.3 Å². The van der Waals surface area contributed by atoms with Gasteiger partial charge in [0.1, 0.15) is 0 Å². The van der Waals surface area contributed by atoms with Crippen LogP contribution in [0.15, 0.2) is 59.6 Å². The van der Waals surface area contributed by atoms with Crippen molar-refractivity contribution in [1.29, 1.82) is 0 Å². The summed E-state index contributed by atoms with van der Waals surface area (Å²) < 4.78 is 0. The number of benzene rings is 2. The molecule has 2 N–H and O–H groups in total. The quantitative estimate of drug-likeness (QED) is 0.302. The normalized spacial score (nSPS) is 13.5. The van der Waals surface area contributed by atoms with Crippen LogP contribution in [0.5, 0.6) is 0 Å². The molecule has 3 rings (SSSR count). The maximum absolute atomic E-state index is 12.0. The van der Waals surface area contributed by atoms with E-state index in [1.54, 1.807) is 19.0 Å². The fourth-order valence-corrected chi connectivity index (χ4v) is 3.33. The van der Waals surface area contributed by atoms with Crippen LogP contribution in [-0.2, 0) is 22.6 Å². The first kappa shape index (κ1) is 25.6. The van der Waals surface area contributed by atoms with Crippen LogP contribution in [0.3, 0.4) is 0 Å². The highest BCUT2D eigenvalue weighted by Gasteiger charge is 2.21. The lowest BCUT2D eigenvalue weighted by atomic mass is 10.1. The average molecular weight is 549 g/mol. The fraction of sp³-hybridized carbons (Fsp3) is 0.375. The molecule has 2 aromatic carbocycles. The van der Waals surface area contributed by atoms with Gasteiger partial charge in [-0.25, -0.2) is 4.99 Å². The molecular weight excluding hydrogens is 517 g/mol. The molecule has 0 bridgehead atoms. The number of amides is 2. The predicted molar refractivity (Wildman–Crippen MR) is 139 cm³/mol. The van der Waals surface area contributed by atoms with Gasteiger partial charge in [0.05, 0.1) is 13.1 Å². The van der Waals surface area contributed by atoms with Gasteiger partial charge in [0.15, 0.2) is 5.96 Å². The largest absolute Gasteiger partial charge is 0.356 e. The van der Waals surface area contributed by atoms with Gasteiger partial charge in [0.2, 0.25) is 11.8 Å². The number of carbonyl (C=O) groups excluding carboxylic acids is 2. The van der Waals surface area contributed by atoms with Crippen LogP contribution in [0, 0.1) is 0 Å². The molecule has 0 atom stereocenters. The Morgan fingerprint density at radius 1 is 1.03 bits per heavy atom. The van der Waals surface area contributed by atoms with E-state index in [2.05, 4.69) is 27.8 Å². The second kappa shape index (κ2) is 13.0. The second-order valence-corrected chi connectivity index (χ2v) is 7.78. The van der Waals surface area contributed by atoms with Crippen molar-refractivity contribution in [2.75, 3.05) is 38.6 Å². The predicted octanol–water partition coefficient (Wildman–Crippen LogP) is 2.80. The van der Waals surface area contributed by atoms with E-state index in [1.807, 2.05) is 47.4 Å². The van der Waals surface area contributed by atoms with Crippen molar-refractivity contribution in [2.45, 2.75) is 25.8 Å². The second-order valence-electron chi connectivity index (χ2n) is 7.78. The molecule has 172 valence electrons. The minimum absolute atomic E-state index is 0. The van der Waals surface area contributed by atoms with Crippen molar-refractivity contribution in [2.24, 2.45) is 4.99 Å². The number of hydrogen-bond donors (Lipinski definition) is 2. The SMILES string of the molecule is CN(C)C(=O)CNC(=NCc1ccc(N2CCCC2=O)cc1)NCCc1ccccc1.I. The Kier molecular flexibility index (Phi) is 10.5. The molecule has 32 heavy (non-hydrogen) atoms. The Hall–Kier alpha value is -2.62. The van der Waals surface area contributed by atoms with E-state index in [4.69, 9.17) is 0 Å². The molecule has 1 heterocycles. The lowest BCUT2D eigenvalue weighted by molar-refractivity contribution is -0.127. The maximum atomic E-state index is 12.0. The summed E-state index contributed by atoms with van der Waals surface area (Å²) in [6, 6.07) is 18.2. The van der Waals surface area contributed by atoms with E-state index in [-0.39, 0.29) is 42.3 Å². The van der Waals surface area contributed by atoms with Crippen LogP contribution < -0.4 is 15.5 Å². The Balaban J connectivity index is 0.00000363. The summed E-state index contributed by atoms with van der Waals surface area (Å²) in [6.07, 6.45) is 2.41. The first-order chi connectivity index (χ1) is 15.0. The zero-order valence-corrected chi connectivity index (χ0v) is 21.0. The highest BCUT2D eigenvalue weighted by atomic mass is 127. The lowest BCUT2D eigenvalue weighted by Gasteiger charge is -2.16. The number of guanidine groups is 1. The van der Waals surface area contributed by atoms with Gasteiger partial charge in [-0.05, 0) is 36.1 Å². The van der Waals surface area contributed by atoms with Gasteiger partial charge >= 0.3 is 0 Å². The van der Waals surface area contributed by atoms with Crippen LogP contribution in [0.25, 0.3) is 0 Å². The highest BCUT2D eigenvalue weighted by Crippen LogP contribution is 2.21. The Bertz CT molecular complexity index is 900. The number of hydrogen-bond acceptors (Lipinski definition) is 3. The molecule has 2 amide bonds. The number of rotatable bonds is 8.